The molecule has 1 aliphatic heterocycles. The van der Waals surface area contributed by atoms with Crippen LogP contribution in [0, 0.1) is 3.57 Å². The van der Waals surface area contributed by atoms with Crippen LogP contribution in [0.25, 0.3) is 5.57 Å². The smallest absolute Gasteiger partial charge is 0.341 e. The lowest BCUT2D eigenvalue weighted by atomic mass is 9.94. The van der Waals surface area contributed by atoms with Gasteiger partial charge in [-0.05, 0) is 78.6 Å². The molecule has 0 N–H and O–H groups in total. The van der Waals surface area contributed by atoms with E-state index in [9.17, 15) is 9.59 Å². The normalized spacial score (nSPS) is 17.2. The molecule has 6 heteroatoms. The van der Waals surface area contributed by atoms with E-state index < -0.39 is 12.2 Å². The lowest BCUT2D eigenvalue weighted by Gasteiger charge is -2.20. The molecule has 4 nitrogen and oxygen atoms in total. The summed E-state index contributed by atoms with van der Waals surface area (Å²) in [4.78, 5) is 27.3. The van der Waals surface area contributed by atoms with E-state index in [1.54, 1.807) is 43.3 Å². The number of cyclic esters (lactones) is 1. The Labute approximate surface area is 164 Å². The van der Waals surface area contributed by atoms with Crippen molar-refractivity contribution in [3.63, 3.8) is 0 Å². The van der Waals surface area contributed by atoms with Gasteiger partial charge in [-0.2, -0.15) is 0 Å². The highest BCUT2D eigenvalue weighted by Crippen LogP contribution is 2.34. The molecule has 0 aromatic heterocycles. The zero-order valence-corrected chi connectivity index (χ0v) is 16.5. The van der Waals surface area contributed by atoms with E-state index in [0.29, 0.717) is 27.3 Å². The molecule has 25 heavy (non-hydrogen) atoms. The Morgan fingerprint density at radius 1 is 1.08 bits per heavy atom. The van der Waals surface area contributed by atoms with Crippen molar-refractivity contribution in [3.8, 4) is 0 Å². The average molecular weight is 468 g/mol. The molecular formula is C19H15ClINO3. The first-order valence-electron chi connectivity index (χ1n) is 7.56. The lowest BCUT2D eigenvalue weighted by molar-refractivity contribution is -0.143. The highest BCUT2D eigenvalue weighted by atomic mass is 127. The number of ketones is 1. The standard InChI is InChI=1S/C19H15ClINO3/c1-22(2)18-16(17(23)12-3-7-13(20)8-4-12)15(19(24)25-18)11-5-9-14(21)10-6-11/h3-10,18H,1-2H3. The van der Waals surface area contributed by atoms with E-state index in [0.717, 1.165) is 3.57 Å². The van der Waals surface area contributed by atoms with Crippen LogP contribution in [0.2, 0.25) is 5.02 Å². The van der Waals surface area contributed by atoms with Crippen molar-refractivity contribution in [3.05, 3.63) is 73.8 Å². The van der Waals surface area contributed by atoms with E-state index in [4.69, 9.17) is 16.3 Å². The monoisotopic (exact) mass is 467 g/mol. The Kier molecular flexibility index (Phi) is 5.27. The van der Waals surface area contributed by atoms with Crippen molar-refractivity contribution in [2.75, 3.05) is 14.1 Å². The Balaban J connectivity index is 2.16. The van der Waals surface area contributed by atoms with E-state index in [1.165, 1.54) is 0 Å². The number of rotatable bonds is 4. The molecule has 0 aliphatic carbocycles. The summed E-state index contributed by atoms with van der Waals surface area (Å²) in [6, 6.07) is 14.0. The van der Waals surface area contributed by atoms with Gasteiger partial charge in [0.15, 0.2) is 12.0 Å². The number of likely N-dealkylation sites (N-methyl/N-ethyl adjacent to an activating group) is 1. The van der Waals surface area contributed by atoms with Crippen molar-refractivity contribution in [2.45, 2.75) is 6.23 Å². The molecule has 0 bridgehead atoms. The number of carbonyl (C=O) groups is 2. The maximum absolute atomic E-state index is 13.1. The fourth-order valence-electron chi connectivity index (χ4n) is 2.69. The number of hydrogen-bond acceptors (Lipinski definition) is 4. The molecule has 1 heterocycles. The van der Waals surface area contributed by atoms with Crippen LogP contribution in [-0.4, -0.2) is 37.0 Å². The highest BCUT2D eigenvalue weighted by molar-refractivity contribution is 14.1. The third kappa shape index (κ3) is 3.63. The van der Waals surface area contributed by atoms with Gasteiger partial charge >= 0.3 is 5.97 Å². The Hall–Kier alpha value is -1.70. The van der Waals surface area contributed by atoms with Crippen LogP contribution in [-0.2, 0) is 9.53 Å². The summed E-state index contributed by atoms with van der Waals surface area (Å²) < 4.78 is 6.51. The van der Waals surface area contributed by atoms with Gasteiger partial charge < -0.3 is 4.74 Å². The molecular weight excluding hydrogens is 453 g/mol. The number of ether oxygens (including phenoxy) is 1. The van der Waals surface area contributed by atoms with Crippen molar-refractivity contribution in [1.82, 2.24) is 4.90 Å². The summed E-state index contributed by atoms with van der Waals surface area (Å²) in [5.41, 5.74) is 1.80. The third-order valence-electron chi connectivity index (χ3n) is 3.89. The maximum Gasteiger partial charge on any atom is 0.341 e. The lowest BCUT2D eigenvalue weighted by Crippen LogP contribution is -2.32. The van der Waals surface area contributed by atoms with Crippen LogP contribution in [0.4, 0.5) is 0 Å². The zero-order chi connectivity index (χ0) is 18.1. The number of carbonyl (C=O) groups excluding carboxylic acids is 2. The molecule has 0 amide bonds. The van der Waals surface area contributed by atoms with Crippen molar-refractivity contribution < 1.29 is 14.3 Å². The third-order valence-corrected chi connectivity index (χ3v) is 4.86. The second-order valence-corrected chi connectivity index (χ2v) is 7.53. The predicted octanol–water partition coefficient (Wildman–Crippen LogP) is 4.03. The van der Waals surface area contributed by atoms with E-state index in [2.05, 4.69) is 22.6 Å². The fourth-order valence-corrected chi connectivity index (χ4v) is 3.17. The summed E-state index contributed by atoms with van der Waals surface area (Å²) >= 11 is 8.10. The molecule has 2 aromatic rings. The van der Waals surface area contributed by atoms with E-state index in [1.807, 2.05) is 24.3 Å². The molecule has 0 saturated carbocycles. The average Bonchev–Trinajstić information content (AvgIpc) is 2.93. The minimum Gasteiger partial charge on any atom is -0.438 e. The number of halogens is 2. The summed E-state index contributed by atoms with van der Waals surface area (Å²) in [5, 5.41) is 0.547. The predicted molar refractivity (Wildman–Crippen MR) is 105 cm³/mol. The zero-order valence-electron chi connectivity index (χ0n) is 13.6. The number of esters is 1. The second kappa shape index (κ2) is 7.27. The SMILES string of the molecule is CN(C)C1OC(=O)C(c2ccc(I)cc2)=C1C(=O)c1ccc(Cl)cc1. The molecule has 0 fully saturated rings. The van der Waals surface area contributed by atoms with Crippen molar-refractivity contribution in [1.29, 1.82) is 0 Å². The van der Waals surface area contributed by atoms with Gasteiger partial charge in [0.25, 0.3) is 0 Å². The van der Waals surface area contributed by atoms with Crippen LogP contribution >= 0.6 is 34.2 Å². The fraction of sp³-hybridized carbons (Fsp3) is 0.158. The van der Waals surface area contributed by atoms with Gasteiger partial charge in [0.1, 0.15) is 0 Å². The Morgan fingerprint density at radius 2 is 1.68 bits per heavy atom. The van der Waals surface area contributed by atoms with Gasteiger partial charge in [0.05, 0.1) is 11.1 Å². The number of hydrogen-bond donors (Lipinski definition) is 0. The van der Waals surface area contributed by atoms with Gasteiger partial charge in [-0.3, -0.25) is 9.69 Å². The van der Waals surface area contributed by atoms with Gasteiger partial charge in [-0.1, -0.05) is 23.7 Å². The quantitative estimate of drug-likeness (QED) is 0.387. The second-order valence-electron chi connectivity index (χ2n) is 5.85. The van der Waals surface area contributed by atoms with Crippen LogP contribution < -0.4 is 0 Å². The molecule has 1 aliphatic rings. The largest absolute Gasteiger partial charge is 0.438 e. The van der Waals surface area contributed by atoms with Crippen LogP contribution in [0.3, 0.4) is 0 Å². The van der Waals surface area contributed by atoms with Crippen molar-refractivity contribution >= 4 is 51.5 Å². The molecule has 128 valence electrons. The van der Waals surface area contributed by atoms with Crippen LogP contribution in [0.5, 0.6) is 0 Å². The van der Waals surface area contributed by atoms with Crippen molar-refractivity contribution in [2.24, 2.45) is 0 Å². The first kappa shape index (κ1) is 18.1. The van der Waals surface area contributed by atoms with Gasteiger partial charge in [-0.25, -0.2) is 4.79 Å². The molecule has 3 rings (SSSR count). The Morgan fingerprint density at radius 3 is 2.24 bits per heavy atom. The summed E-state index contributed by atoms with van der Waals surface area (Å²) in [7, 11) is 3.54. The van der Waals surface area contributed by atoms with Crippen LogP contribution in [0.15, 0.2) is 54.1 Å². The minimum atomic E-state index is -0.718. The van der Waals surface area contributed by atoms with E-state index in [-0.39, 0.29) is 5.78 Å². The van der Waals surface area contributed by atoms with Gasteiger partial charge in [-0.15, -0.1) is 0 Å². The van der Waals surface area contributed by atoms with E-state index >= 15 is 0 Å². The number of benzene rings is 2. The summed E-state index contributed by atoms with van der Waals surface area (Å²) in [6.07, 6.45) is -0.718. The molecule has 1 atom stereocenters. The summed E-state index contributed by atoms with van der Waals surface area (Å²) in [6.45, 7) is 0. The number of nitrogens with zero attached hydrogens (tertiary/aromatic N) is 1. The topological polar surface area (TPSA) is 46.6 Å². The maximum atomic E-state index is 13.1. The van der Waals surface area contributed by atoms with Gasteiger partial charge in [0, 0.05) is 14.2 Å². The molecule has 0 radical (unpaired) electrons. The number of Topliss-reactive ketones (excluding diaryl/α,β-unsaturated/α-hetero) is 1. The molecule has 0 saturated heterocycles. The first-order valence-corrected chi connectivity index (χ1v) is 9.02. The first-order chi connectivity index (χ1) is 11.9. The molecule has 1 unspecified atom stereocenters. The molecule has 0 spiro atoms. The summed E-state index contributed by atoms with van der Waals surface area (Å²) in [5.74, 6) is -0.730. The highest BCUT2D eigenvalue weighted by Gasteiger charge is 2.40. The minimum absolute atomic E-state index is 0.241. The molecule has 2 aromatic carbocycles. The van der Waals surface area contributed by atoms with Crippen LogP contribution in [0.1, 0.15) is 15.9 Å². The van der Waals surface area contributed by atoms with Gasteiger partial charge in [0.2, 0.25) is 0 Å². The Bertz CT molecular complexity index is 857.